The highest BCUT2D eigenvalue weighted by Gasteiger charge is 2.24. The standard InChI is InChI=1S/C47H62N4O/c1-3-5-7-9-35-11-21-39(22-12-35)43-31-48-46(49-32-43)41-25-15-37(16-26-41)19-29-45(52)30-20-38-17-27-42(28-18-38)47-50-33-44(34-51-47)40-23-13-36(14-24-40)10-8-6-4-2/h15-18,25-28,31-36,39-40H,3-14,19-24,29-30H2,1-2H3. The van der Waals surface area contributed by atoms with Gasteiger partial charge in [-0.25, -0.2) is 19.9 Å². The topological polar surface area (TPSA) is 68.6 Å². The van der Waals surface area contributed by atoms with Gasteiger partial charge in [0.25, 0.3) is 0 Å². The number of aromatic nitrogens is 4. The highest BCUT2D eigenvalue weighted by molar-refractivity contribution is 5.79. The molecule has 5 heteroatoms. The van der Waals surface area contributed by atoms with Gasteiger partial charge in [-0.15, -0.1) is 0 Å². The summed E-state index contributed by atoms with van der Waals surface area (Å²) in [6.45, 7) is 4.58. The van der Waals surface area contributed by atoms with Gasteiger partial charge in [0.1, 0.15) is 5.78 Å². The summed E-state index contributed by atoms with van der Waals surface area (Å²) in [7, 11) is 0. The molecule has 0 spiro atoms. The van der Waals surface area contributed by atoms with Crippen molar-refractivity contribution >= 4 is 5.78 Å². The first kappa shape index (κ1) is 38.0. The molecule has 6 rings (SSSR count). The number of aryl methyl sites for hydroxylation is 2. The van der Waals surface area contributed by atoms with Crippen molar-refractivity contribution in [2.45, 2.75) is 154 Å². The monoisotopic (exact) mass is 698 g/mol. The van der Waals surface area contributed by atoms with E-state index in [-0.39, 0.29) is 0 Å². The second-order valence-electron chi connectivity index (χ2n) is 16.0. The van der Waals surface area contributed by atoms with Crippen LogP contribution in [0.25, 0.3) is 22.8 Å². The summed E-state index contributed by atoms with van der Waals surface area (Å²) < 4.78 is 0. The van der Waals surface area contributed by atoms with Crippen molar-refractivity contribution in [3.05, 3.63) is 95.6 Å². The molecule has 2 aromatic heterocycles. The minimum Gasteiger partial charge on any atom is -0.300 e. The van der Waals surface area contributed by atoms with Crippen molar-refractivity contribution < 1.29 is 4.79 Å². The first-order valence-corrected chi connectivity index (χ1v) is 20.9. The highest BCUT2D eigenvalue weighted by Crippen LogP contribution is 2.39. The molecule has 4 aromatic rings. The number of unbranched alkanes of at least 4 members (excludes halogenated alkanes) is 4. The number of Topliss-reactive ketones (excluding diaryl/α,β-unsaturated/α-hetero) is 1. The van der Waals surface area contributed by atoms with Gasteiger partial charge in [-0.2, -0.15) is 0 Å². The van der Waals surface area contributed by atoms with E-state index in [4.69, 9.17) is 19.9 Å². The molecule has 2 fully saturated rings. The van der Waals surface area contributed by atoms with Crippen LogP contribution in [0.1, 0.15) is 164 Å². The average molecular weight is 699 g/mol. The maximum Gasteiger partial charge on any atom is 0.159 e. The summed E-state index contributed by atoms with van der Waals surface area (Å²) in [5, 5.41) is 0. The maximum atomic E-state index is 12.8. The lowest BCUT2D eigenvalue weighted by molar-refractivity contribution is -0.119. The van der Waals surface area contributed by atoms with Crippen molar-refractivity contribution in [3.63, 3.8) is 0 Å². The number of ketones is 1. The maximum absolute atomic E-state index is 12.8. The molecule has 0 amide bonds. The van der Waals surface area contributed by atoms with E-state index in [0.717, 1.165) is 47.5 Å². The number of hydrogen-bond donors (Lipinski definition) is 0. The van der Waals surface area contributed by atoms with Crippen LogP contribution in [0.2, 0.25) is 0 Å². The Balaban J connectivity index is 0.894. The number of carbonyl (C=O) groups is 1. The number of benzene rings is 2. The Bertz CT molecular complexity index is 1490. The third kappa shape index (κ3) is 11.1. The molecule has 2 aliphatic carbocycles. The third-order valence-corrected chi connectivity index (χ3v) is 12.2. The fraction of sp³-hybridized carbons (Fsp3) is 0.553. The molecule has 0 bridgehead atoms. The van der Waals surface area contributed by atoms with Crippen molar-refractivity contribution in [2.24, 2.45) is 11.8 Å². The van der Waals surface area contributed by atoms with Crippen LogP contribution >= 0.6 is 0 Å². The zero-order chi connectivity index (χ0) is 36.0. The number of nitrogens with zero attached hydrogens (tertiary/aromatic N) is 4. The molecule has 2 aromatic carbocycles. The summed E-state index contributed by atoms with van der Waals surface area (Å²) in [5.41, 5.74) is 7.00. The molecule has 0 radical (unpaired) electrons. The predicted octanol–water partition coefficient (Wildman–Crippen LogP) is 12.4. The van der Waals surface area contributed by atoms with E-state index in [2.05, 4.69) is 87.2 Å². The van der Waals surface area contributed by atoms with E-state index >= 15 is 0 Å². The fourth-order valence-electron chi connectivity index (χ4n) is 8.66. The molecular weight excluding hydrogens is 637 g/mol. The molecular formula is C47H62N4O. The molecule has 0 unspecified atom stereocenters. The molecule has 0 N–H and O–H groups in total. The SMILES string of the molecule is CCCCCC1CCC(c2cnc(-c3ccc(CCC(=O)CCc4ccc(-c5ncc(C6CCC(CCCCC)CC6)cn5)cc4)cc3)nc2)CC1. The Morgan fingerprint density at radius 3 is 1.23 bits per heavy atom. The van der Waals surface area contributed by atoms with Crippen molar-refractivity contribution in [2.75, 3.05) is 0 Å². The van der Waals surface area contributed by atoms with Crippen molar-refractivity contribution in [1.29, 1.82) is 0 Å². The van der Waals surface area contributed by atoms with Gasteiger partial charge in [-0.05, 0) is 110 Å². The number of carbonyl (C=O) groups excluding carboxylic acids is 1. The number of hydrogen-bond acceptors (Lipinski definition) is 5. The minimum absolute atomic E-state index is 0.302. The molecule has 2 aliphatic rings. The predicted molar refractivity (Wildman–Crippen MR) is 214 cm³/mol. The van der Waals surface area contributed by atoms with Gasteiger partial charge in [-0.3, -0.25) is 4.79 Å². The van der Waals surface area contributed by atoms with Gasteiger partial charge >= 0.3 is 0 Å². The Morgan fingerprint density at radius 1 is 0.519 bits per heavy atom. The third-order valence-electron chi connectivity index (χ3n) is 12.2. The molecule has 0 saturated heterocycles. The number of rotatable bonds is 18. The summed E-state index contributed by atoms with van der Waals surface area (Å²) >= 11 is 0. The lowest BCUT2D eigenvalue weighted by Gasteiger charge is -2.28. The van der Waals surface area contributed by atoms with E-state index in [1.54, 1.807) is 0 Å². The summed E-state index contributed by atoms with van der Waals surface area (Å²) in [6.07, 6.45) is 32.2. The molecule has 2 saturated carbocycles. The lowest BCUT2D eigenvalue weighted by atomic mass is 9.77. The second kappa shape index (κ2) is 19.9. The van der Waals surface area contributed by atoms with E-state index in [1.807, 2.05) is 0 Å². The quantitative estimate of drug-likeness (QED) is 0.0968. The zero-order valence-electron chi connectivity index (χ0n) is 32.1. The van der Waals surface area contributed by atoms with E-state index in [9.17, 15) is 4.79 Å². The van der Waals surface area contributed by atoms with Crippen LogP contribution in [-0.4, -0.2) is 25.7 Å². The minimum atomic E-state index is 0.302. The first-order valence-electron chi connectivity index (χ1n) is 20.9. The van der Waals surface area contributed by atoms with Gasteiger partial charge in [0.15, 0.2) is 11.6 Å². The molecule has 0 atom stereocenters. The molecule has 276 valence electrons. The Kier molecular flexibility index (Phi) is 14.6. The molecule has 2 heterocycles. The second-order valence-corrected chi connectivity index (χ2v) is 16.0. The van der Waals surface area contributed by atoms with Gasteiger partial charge in [-0.1, -0.05) is 114 Å². The first-order chi connectivity index (χ1) is 25.6. The Hall–Kier alpha value is -3.73. The molecule has 0 aliphatic heterocycles. The smallest absolute Gasteiger partial charge is 0.159 e. The fourth-order valence-corrected chi connectivity index (χ4v) is 8.66. The van der Waals surface area contributed by atoms with Crippen LogP contribution in [0.15, 0.2) is 73.3 Å². The van der Waals surface area contributed by atoms with Gasteiger partial charge in [0.2, 0.25) is 0 Å². The van der Waals surface area contributed by atoms with E-state index < -0.39 is 0 Å². The Labute approximate surface area is 313 Å². The van der Waals surface area contributed by atoms with Crippen LogP contribution in [0, 0.1) is 11.8 Å². The van der Waals surface area contributed by atoms with Crippen LogP contribution in [0.5, 0.6) is 0 Å². The van der Waals surface area contributed by atoms with Crippen LogP contribution in [0.3, 0.4) is 0 Å². The average Bonchev–Trinajstić information content (AvgIpc) is 3.20. The summed E-state index contributed by atoms with van der Waals surface area (Å²) in [4.78, 5) is 31.8. The normalized spacial score (nSPS) is 20.5. The summed E-state index contributed by atoms with van der Waals surface area (Å²) in [5.74, 6) is 4.90. The van der Waals surface area contributed by atoms with Gasteiger partial charge in [0.05, 0.1) is 0 Å². The van der Waals surface area contributed by atoms with Crippen molar-refractivity contribution in [3.8, 4) is 22.8 Å². The molecule has 5 nitrogen and oxygen atoms in total. The van der Waals surface area contributed by atoms with Gasteiger partial charge in [0, 0.05) is 48.8 Å². The van der Waals surface area contributed by atoms with Crippen LogP contribution in [0.4, 0.5) is 0 Å². The van der Waals surface area contributed by atoms with E-state index in [1.165, 1.54) is 125 Å². The van der Waals surface area contributed by atoms with Crippen LogP contribution in [-0.2, 0) is 17.6 Å². The van der Waals surface area contributed by atoms with E-state index in [0.29, 0.717) is 30.5 Å². The van der Waals surface area contributed by atoms with Crippen molar-refractivity contribution in [1.82, 2.24) is 19.9 Å². The molecule has 52 heavy (non-hydrogen) atoms. The van der Waals surface area contributed by atoms with Gasteiger partial charge < -0.3 is 0 Å². The van der Waals surface area contributed by atoms with Crippen LogP contribution < -0.4 is 0 Å². The Morgan fingerprint density at radius 2 is 0.885 bits per heavy atom. The zero-order valence-corrected chi connectivity index (χ0v) is 32.1. The summed E-state index contributed by atoms with van der Waals surface area (Å²) in [6, 6.07) is 16.8. The highest BCUT2D eigenvalue weighted by atomic mass is 16.1. The largest absolute Gasteiger partial charge is 0.300 e. The lowest BCUT2D eigenvalue weighted by Crippen LogP contribution is -2.14.